The van der Waals surface area contributed by atoms with Gasteiger partial charge in [-0.05, 0) is 5.23 Å². The molecule has 0 aromatic rings. The van der Waals surface area contributed by atoms with Crippen LogP contribution in [-0.2, 0) is 9.68 Å². The van der Waals surface area contributed by atoms with Crippen molar-refractivity contribution in [2.75, 3.05) is 26.4 Å². The van der Waals surface area contributed by atoms with E-state index < -0.39 is 4.96 Å². The lowest BCUT2D eigenvalue weighted by Crippen LogP contribution is -2.30. The lowest BCUT2D eigenvalue weighted by atomic mass is 10.8. The summed E-state index contributed by atoms with van der Waals surface area (Å²) < 4.78 is 0. The zero-order valence-electron chi connectivity index (χ0n) is 6.32. The van der Waals surface area contributed by atoms with Crippen LogP contribution in [0.3, 0.4) is 0 Å². The molecule has 0 aliphatic heterocycles. The van der Waals surface area contributed by atoms with E-state index in [0.29, 0.717) is 0 Å². The first-order valence-corrected chi connectivity index (χ1v) is 4.14. The maximum atomic E-state index is 8.38. The van der Waals surface area contributed by atoms with Crippen molar-refractivity contribution < 1.29 is 19.9 Å². The van der Waals surface area contributed by atoms with E-state index in [4.69, 9.17) is 43.1 Å². The summed E-state index contributed by atoms with van der Waals surface area (Å²) in [6, 6.07) is 0. The van der Waals surface area contributed by atoms with Crippen LogP contribution in [0.4, 0.5) is 0 Å². The topological polar surface area (TPSA) is 62.2 Å². The van der Waals surface area contributed by atoms with Crippen LogP contribution < -0.4 is 0 Å². The third kappa shape index (κ3) is 5.96. The number of hydroxylamine groups is 2. The maximum absolute atomic E-state index is 8.38. The molecule has 0 heterocycles. The summed E-state index contributed by atoms with van der Waals surface area (Å²) in [7, 11) is 0. The number of rotatable bonds is 7. The summed E-state index contributed by atoms with van der Waals surface area (Å²) in [5.41, 5.74) is 0. The normalized spacial score (nSPS) is 11.5. The molecule has 0 amide bonds. The number of alkyl halides is 2. The summed E-state index contributed by atoms with van der Waals surface area (Å²) >= 11 is 10.8. The van der Waals surface area contributed by atoms with E-state index in [1.54, 1.807) is 0 Å². The Balaban J connectivity index is 3.55. The molecule has 0 aliphatic rings. The van der Waals surface area contributed by atoms with Crippen LogP contribution in [0, 0.1) is 0 Å². The number of nitrogens with zero attached hydrogens (tertiary/aromatic N) is 1. The number of hydrogen-bond acceptors (Lipinski definition) is 5. The Labute approximate surface area is 80.3 Å². The minimum atomic E-state index is -0.997. The van der Waals surface area contributed by atoms with Gasteiger partial charge in [0.25, 0.3) is 0 Å². The molecule has 12 heavy (non-hydrogen) atoms. The van der Waals surface area contributed by atoms with Crippen molar-refractivity contribution in [2.24, 2.45) is 0 Å². The van der Waals surface area contributed by atoms with Crippen molar-refractivity contribution >= 4 is 23.2 Å². The Morgan fingerprint density at radius 1 is 1.08 bits per heavy atom. The fourth-order valence-corrected chi connectivity index (χ4v) is 0.637. The van der Waals surface area contributed by atoms with Gasteiger partial charge in [0.1, 0.15) is 0 Å². The van der Waals surface area contributed by atoms with E-state index in [2.05, 4.69) is 0 Å². The summed E-state index contributed by atoms with van der Waals surface area (Å²) in [6.45, 7) is -0.276. The highest BCUT2D eigenvalue weighted by molar-refractivity contribution is 6.43. The maximum Gasteiger partial charge on any atom is 0.209 e. The first-order valence-electron chi connectivity index (χ1n) is 3.27. The van der Waals surface area contributed by atoms with Crippen molar-refractivity contribution in [2.45, 2.75) is 4.96 Å². The molecule has 0 radical (unpaired) electrons. The molecule has 0 atom stereocenters. The van der Waals surface area contributed by atoms with Crippen LogP contribution in [0.25, 0.3) is 0 Å². The highest BCUT2D eigenvalue weighted by atomic mass is 35.5. The highest BCUT2D eigenvalue weighted by Gasteiger charge is 2.13. The minimum absolute atomic E-state index is 0.0291. The van der Waals surface area contributed by atoms with Crippen LogP contribution in [0.5, 0.6) is 0 Å². The lowest BCUT2D eigenvalue weighted by molar-refractivity contribution is -0.368. The molecule has 0 unspecified atom stereocenters. The molecule has 7 heteroatoms. The molecule has 0 aromatic heterocycles. The fourth-order valence-electron chi connectivity index (χ4n) is 0.412. The van der Waals surface area contributed by atoms with Crippen LogP contribution in [0.1, 0.15) is 0 Å². The summed E-state index contributed by atoms with van der Waals surface area (Å²) in [6.07, 6.45) is 0. The van der Waals surface area contributed by atoms with Crippen molar-refractivity contribution in [3.8, 4) is 0 Å². The molecule has 0 fully saturated rings. The van der Waals surface area contributed by atoms with E-state index in [1.807, 2.05) is 0 Å². The van der Waals surface area contributed by atoms with Gasteiger partial charge in [0.15, 0.2) is 0 Å². The number of hydrogen-bond donors (Lipinski definition) is 2. The second-order valence-corrected chi connectivity index (χ2v) is 2.73. The molecule has 2 N–H and O–H groups in total. The summed E-state index contributed by atoms with van der Waals surface area (Å²) in [4.78, 5) is 8.48. The SMILES string of the molecule is OCCON(OCCO)C(Cl)Cl. The Bertz CT molecular complexity index is 97.4. The molecule has 0 rings (SSSR count). The molecule has 0 saturated heterocycles. The molecule has 5 nitrogen and oxygen atoms in total. The van der Waals surface area contributed by atoms with Gasteiger partial charge in [-0.25, -0.2) is 0 Å². The Kier molecular flexibility index (Phi) is 8.25. The van der Waals surface area contributed by atoms with Gasteiger partial charge in [0, 0.05) is 0 Å². The van der Waals surface area contributed by atoms with Gasteiger partial charge in [0.05, 0.1) is 26.4 Å². The molecule has 0 aromatic carbocycles. The Hall–Kier alpha value is 0.380. The van der Waals surface area contributed by atoms with Crippen LogP contribution in [0.15, 0.2) is 0 Å². The molecular formula is C5H11Cl2NO4. The Morgan fingerprint density at radius 2 is 1.50 bits per heavy atom. The average Bonchev–Trinajstić information content (AvgIpc) is 2.04. The zero-order chi connectivity index (χ0) is 9.40. The predicted octanol–water partition coefficient (Wildman–Crippen LogP) is -0.103. The van der Waals surface area contributed by atoms with Gasteiger partial charge in [0.2, 0.25) is 4.96 Å². The average molecular weight is 220 g/mol. The predicted molar refractivity (Wildman–Crippen MR) is 43.4 cm³/mol. The second kappa shape index (κ2) is 8.00. The van der Waals surface area contributed by atoms with Gasteiger partial charge in [-0.15, -0.1) is 0 Å². The molecule has 0 bridgehead atoms. The van der Waals surface area contributed by atoms with Gasteiger partial charge in [-0.1, -0.05) is 23.2 Å². The van der Waals surface area contributed by atoms with Crippen molar-refractivity contribution in [3.05, 3.63) is 0 Å². The monoisotopic (exact) mass is 219 g/mol. The van der Waals surface area contributed by atoms with E-state index in [0.717, 1.165) is 5.23 Å². The third-order valence-electron chi connectivity index (χ3n) is 0.779. The molecule has 0 saturated carbocycles. The van der Waals surface area contributed by atoms with E-state index in [1.165, 1.54) is 0 Å². The highest BCUT2D eigenvalue weighted by Crippen LogP contribution is 2.10. The molecular weight excluding hydrogens is 209 g/mol. The van der Waals surface area contributed by atoms with Gasteiger partial charge >= 0.3 is 0 Å². The van der Waals surface area contributed by atoms with Crippen LogP contribution in [-0.4, -0.2) is 46.8 Å². The zero-order valence-corrected chi connectivity index (χ0v) is 7.83. The number of aliphatic hydroxyl groups is 2. The van der Waals surface area contributed by atoms with E-state index in [9.17, 15) is 0 Å². The third-order valence-corrected chi connectivity index (χ3v) is 1.10. The van der Waals surface area contributed by atoms with Crippen LogP contribution >= 0.6 is 23.2 Å². The summed E-state index contributed by atoms with van der Waals surface area (Å²) in [5, 5.41) is 17.6. The minimum Gasteiger partial charge on any atom is -0.394 e. The van der Waals surface area contributed by atoms with Gasteiger partial charge < -0.3 is 10.2 Å². The Morgan fingerprint density at radius 3 is 1.75 bits per heavy atom. The number of aliphatic hydroxyl groups excluding tert-OH is 2. The van der Waals surface area contributed by atoms with E-state index in [-0.39, 0.29) is 26.4 Å². The first kappa shape index (κ1) is 12.4. The molecule has 0 spiro atoms. The summed E-state index contributed by atoms with van der Waals surface area (Å²) in [5.74, 6) is 0. The van der Waals surface area contributed by atoms with E-state index >= 15 is 0 Å². The molecule has 0 aliphatic carbocycles. The van der Waals surface area contributed by atoms with Crippen LogP contribution in [0.2, 0.25) is 0 Å². The van der Waals surface area contributed by atoms with Crippen molar-refractivity contribution in [1.29, 1.82) is 0 Å². The number of halogens is 2. The molecule has 74 valence electrons. The van der Waals surface area contributed by atoms with Gasteiger partial charge in [-0.3, -0.25) is 9.68 Å². The quantitative estimate of drug-likeness (QED) is 0.356. The fraction of sp³-hybridized carbons (Fsp3) is 1.00. The van der Waals surface area contributed by atoms with Gasteiger partial charge in [-0.2, -0.15) is 0 Å². The van der Waals surface area contributed by atoms with Crippen molar-refractivity contribution in [1.82, 2.24) is 5.23 Å². The first-order chi connectivity index (χ1) is 5.72. The largest absolute Gasteiger partial charge is 0.394 e. The lowest BCUT2D eigenvalue weighted by Gasteiger charge is -2.20. The standard InChI is InChI=1S/C5H11Cl2NO4/c6-5(7)8(11-3-1-9)12-4-2-10/h5,9-10H,1-4H2. The van der Waals surface area contributed by atoms with Crippen molar-refractivity contribution in [3.63, 3.8) is 0 Å². The smallest absolute Gasteiger partial charge is 0.209 e. The second-order valence-electron chi connectivity index (χ2n) is 1.68.